The zero-order chi connectivity index (χ0) is 30.6. The van der Waals surface area contributed by atoms with Crippen LogP contribution in [0.15, 0.2) is 66.7 Å². The van der Waals surface area contributed by atoms with E-state index >= 15 is 0 Å². The summed E-state index contributed by atoms with van der Waals surface area (Å²) < 4.78 is 0. The highest BCUT2D eigenvalue weighted by atomic mass is 32.2. The van der Waals surface area contributed by atoms with E-state index in [9.17, 15) is 29.6 Å². The number of thioether (sulfide) groups is 1. The average molecular weight is 595 g/mol. The predicted octanol–water partition coefficient (Wildman–Crippen LogP) is 4.72. The van der Waals surface area contributed by atoms with Gasteiger partial charge < -0.3 is 15.7 Å². The summed E-state index contributed by atoms with van der Waals surface area (Å²) in [6.45, 7) is 4.69. The number of carboxylic acids is 1. The van der Waals surface area contributed by atoms with Crippen LogP contribution in [0.2, 0.25) is 0 Å². The number of hydrogen-bond acceptors (Lipinski definition) is 7. The van der Waals surface area contributed by atoms with E-state index in [0.717, 1.165) is 22.8 Å². The Labute approximate surface area is 250 Å². The second-order valence-electron chi connectivity index (χ2n) is 10.3. The van der Waals surface area contributed by atoms with Gasteiger partial charge in [-0.1, -0.05) is 62.7 Å². The molecule has 0 radical (unpaired) electrons. The third-order valence-electron chi connectivity index (χ3n) is 7.33. The minimum Gasteiger partial charge on any atom is -0.480 e. The van der Waals surface area contributed by atoms with Crippen LogP contribution in [0.4, 0.5) is 5.69 Å². The smallest absolute Gasteiger partial charge is 0.326 e. The molecule has 3 aromatic rings. The number of nitro groups is 1. The van der Waals surface area contributed by atoms with E-state index in [1.165, 1.54) is 36.0 Å². The zero-order valence-corrected chi connectivity index (χ0v) is 24.9. The number of carbonyl (C=O) groups is 3. The topological polar surface area (TPSA) is 142 Å². The van der Waals surface area contributed by atoms with E-state index in [-0.39, 0.29) is 30.1 Å². The van der Waals surface area contributed by atoms with E-state index in [1.807, 2.05) is 67.5 Å². The van der Waals surface area contributed by atoms with Gasteiger partial charge in [0.1, 0.15) is 6.04 Å². The Morgan fingerprint density at radius 1 is 1.02 bits per heavy atom. The molecule has 0 saturated heterocycles. The minimum absolute atomic E-state index is 0.0402. The van der Waals surface area contributed by atoms with Gasteiger partial charge >= 0.3 is 5.97 Å². The summed E-state index contributed by atoms with van der Waals surface area (Å²) >= 11 is 1.51. The Hall–Kier alpha value is -3.96. The molecule has 3 N–H and O–H groups in total. The van der Waals surface area contributed by atoms with Gasteiger partial charge in [0.05, 0.1) is 11.5 Å². The van der Waals surface area contributed by atoms with E-state index < -0.39 is 22.8 Å². The van der Waals surface area contributed by atoms with Crippen molar-refractivity contribution in [1.29, 1.82) is 0 Å². The molecule has 0 fully saturated rings. The number of nitro benzene ring substituents is 1. The highest BCUT2D eigenvalue weighted by molar-refractivity contribution is 7.98. The van der Waals surface area contributed by atoms with Gasteiger partial charge in [0.25, 0.3) is 11.6 Å². The van der Waals surface area contributed by atoms with Crippen molar-refractivity contribution in [3.63, 3.8) is 0 Å². The molecule has 11 heteroatoms. The summed E-state index contributed by atoms with van der Waals surface area (Å²) in [6.07, 6.45) is 2.95. The van der Waals surface area contributed by atoms with E-state index in [2.05, 4.69) is 10.6 Å². The molecular weight excluding hydrogens is 556 g/mol. The van der Waals surface area contributed by atoms with Crippen LogP contribution in [0.25, 0.3) is 10.8 Å². The molecule has 42 heavy (non-hydrogen) atoms. The van der Waals surface area contributed by atoms with Crippen molar-refractivity contribution in [3.8, 4) is 0 Å². The molecule has 0 aromatic heterocycles. The molecule has 0 heterocycles. The molecule has 0 unspecified atom stereocenters. The largest absolute Gasteiger partial charge is 0.480 e. The third-order valence-corrected chi connectivity index (χ3v) is 7.97. The lowest BCUT2D eigenvalue weighted by Crippen LogP contribution is -2.51. The highest BCUT2D eigenvalue weighted by Gasteiger charge is 2.26. The number of carboxylic acid groups (broad SMARTS) is 1. The fourth-order valence-corrected chi connectivity index (χ4v) is 5.18. The fourth-order valence-electron chi connectivity index (χ4n) is 4.71. The summed E-state index contributed by atoms with van der Waals surface area (Å²) in [7, 11) is 0. The number of nitrogens with zero attached hydrogens (tertiary/aromatic N) is 2. The quantitative estimate of drug-likeness (QED) is 0.160. The summed E-state index contributed by atoms with van der Waals surface area (Å²) in [6, 6.07) is 18.0. The Morgan fingerprint density at radius 3 is 2.36 bits per heavy atom. The number of fused-ring (bicyclic) bond motifs is 1. The van der Waals surface area contributed by atoms with Crippen LogP contribution in [-0.4, -0.2) is 69.9 Å². The number of nitrogens with one attached hydrogen (secondary N) is 2. The number of amides is 2. The highest BCUT2D eigenvalue weighted by Crippen LogP contribution is 2.21. The number of aliphatic carboxylic acids is 1. The van der Waals surface area contributed by atoms with Gasteiger partial charge in [-0.3, -0.25) is 24.6 Å². The fraction of sp³-hybridized carbons (Fsp3) is 0.387. The number of hydrogen-bond donors (Lipinski definition) is 3. The van der Waals surface area contributed by atoms with Gasteiger partial charge in [0.2, 0.25) is 5.91 Å². The number of benzene rings is 3. The van der Waals surface area contributed by atoms with Crippen LogP contribution >= 0.6 is 11.8 Å². The van der Waals surface area contributed by atoms with Crippen molar-refractivity contribution in [2.24, 2.45) is 5.92 Å². The predicted molar refractivity (Wildman–Crippen MR) is 166 cm³/mol. The van der Waals surface area contributed by atoms with Crippen LogP contribution in [0.5, 0.6) is 0 Å². The van der Waals surface area contributed by atoms with Gasteiger partial charge in [-0.25, -0.2) is 4.79 Å². The molecule has 0 aliphatic rings. The van der Waals surface area contributed by atoms with Crippen molar-refractivity contribution in [2.45, 2.75) is 45.3 Å². The molecule has 3 rings (SSSR count). The van der Waals surface area contributed by atoms with Crippen molar-refractivity contribution >= 4 is 46.0 Å². The summed E-state index contributed by atoms with van der Waals surface area (Å²) in [5.41, 5.74) is 1.20. The summed E-state index contributed by atoms with van der Waals surface area (Å²) in [5, 5.41) is 28.5. The van der Waals surface area contributed by atoms with Crippen molar-refractivity contribution < 1.29 is 24.4 Å². The zero-order valence-electron chi connectivity index (χ0n) is 24.1. The molecule has 0 spiro atoms. The molecule has 0 aliphatic heterocycles. The number of carbonyl (C=O) groups excluding carboxylic acids is 2. The molecule has 2 amide bonds. The van der Waals surface area contributed by atoms with Gasteiger partial charge in [-0.2, -0.15) is 11.8 Å². The third kappa shape index (κ3) is 9.28. The maximum absolute atomic E-state index is 13.2. The lowest BCUT2D eigenvalue weighted by Gasteiger charge is -2.31. The maximum Gasteiger partial charge on any atom is 0.326 e. The monoisotopic (exact) mass is 594 g/mol. The van der Waals surface area contributed by atoms with Crippen LogP contribution in [0.3, 0.4) is 0 Å². The van der Waals surface area contributed by atoms with Crippen LogP contribution < -0.4 is 10.6 Å². The first-order chi connectivity index (χ1) is 20.1. The molecule has 0 aliphatic carbocycles. The second kappa shape index (κ2) is 15.9. The number of rotatable bonds is 16. The van der Waals surface area contributed by atoms with Crippen LogP contribution in [-0.2, 0) is 16.1 Å². The normalized spacial score (nSPS) is 13.3. The van der Waals surface area contributed by atoms with Crippen molar-refractivity contribution in [3.05, 3.63) is 88.0 Å². The van der Waals surface area contributed by atoms with E-state index in [4.69, 9.17) is 0 Å². The molecular formula is C31H38N4O6S. The molecule has 224 valence electrons. The van der Waals surface area contributed by atoms with Crippen molar-refractivity contribution in [1.82, 2.24) is 15.5 Å². The van der Waals surface area contributed by atoms with Gasteiger partial charge in [-0.05, 0) is 52.8 Å². The Bertz CT molecular complexity index is 1380. The first-order valence-electron chi connectivity index (χ1n) is 13.9. The molecule has 0 bridgehead atoms. The first kappa shape index (κ1) is 32.6. The lowest BCUT2D eigenvalue weighted by molar-refractivity contribution is -0.384. The van der Waals surface area contributed by atoms with Gasteiger partial charge in [-0.15, -0.1) is 0 Å². The minimum atomic E-state index is -1.08. The Kier molecular flexibility index (Phi) is 12.3. The van der Waals surface area contributed by atoms with E-state index in [0.29, 0.717) is 30.8 Å². The molecule has 3 aromatic carbocycles. The molecule has 10 nitrogen and oxygen atoms in total. The number of non-ortho nitro benzene ring substituents is 1. The standard InChI is InChI=1S/C31H38N4O6S/c1-4-21(2)28(33-30(37)23-12-14-25(15-13-23)35(40)41)19-34(20-29(36)32-27(31(38)39)16-17-42-3)18-24-10-7-9-22-8-5-6-11-26(22)24/h5-15,21,27-28H,4,16-20H2,1-3H3,(H,32,36)(H,33,37)(H,38,39)/t21-,27-,28+/m0/s1. The van der Waals surface area contributed by atoms with Crippen molar-refractivity contribution in [2.75, 3.05) is 25.1 Å². The summed E-state index contributed by atoms with van der Waals surface area (Å²) in [5.74, 6) is -1.22. The Balaban J connectivity index is 1.86. The SMILES string of the molecule is CC[C@H](C)[C@@H](CN(CC(=O)N[C@@H](CCSC)C(=O)O)Cc1cccc2ccccc12)NC(=O)c1ccc([N+](=O)[O-])cc1. The van der Waals surface area contributed by atoms with Crippen LogP contribution in [0, 0.1) is 16.0 Å². The second-order valence-corrected chi connectivity index (χ2v) is 11.3. The molecule has 0 saturated carbocycles. The van der Waals surface area contributed by atoms with Crippen LogP contribution in [0.1, 0.15) is 42.6 Å². The maximum atomic E-state index is 13.2. The first-order valence-corrected chi connectivity index (χ1v) is 15.3. The van der Waals surface area contributed by atoms with Gasteiger partial charge in [0, 0.05) is 36.8 Å². The molecule has 3 atom stereocenters. The summed E-state index contributed by atoms with van der Waals surface area (Å²) in [4.78, 5) is 50.5. The Morgan fingerprint density at radius 2 is 1.71 bits per heavy atom. The lowest BCUT2D eigenvalue weighted by atomic mass is 9.97. The van der Waals surface area contributed by atoms with Gasteiger partial charge in [0.15, 0.2) is 0 Å². The van der Waals surface area contributed by atoms with E-state index in [1.54, 1.807) is 0 Å². The average Bonchev–Trinajstić information content (AvgIpc) is 2.98.